The summed E-state index contributed by atoms with van der Waals surface area (Å²) >= 11 is 0. The van der Waals surface area contributed by atoms with E-state index in [4.69, 9.17) is 0 Å². The van der Waals surface area contributed by atoms with Gasteiger partial charge in [0, 0.05) is 5.39 Å². The van der Waals surface area contributed by atoms with E-state index in [1.165, 1.54) is 12.1 Å². The predicted molar refractivity (Wildman–Crippen MR) is 118 cm³/mol. The number of hydrogen-bond acceptors (Lipinski definition) is 3. The van der Waals surface area contributed by atoms with Crippen molar-refractivity contribution in [2.45, 2.75) is 13.1 Å². The molecule has 4 rings (SSSR count). The Bertz CT molecular complexity index is 1530. The summed E-state index contributed by atoms with van der Waals surface area (Å²) in [7, 11) is 0. The maximum atomic E-state index is 14.7. The summed E-state index contributed by atoms with van der Waals surface area (Å²) in [5.41, 5.74) is -3.50. The molecule has 1 aromatic heterocycles. The van der Waals surface area contributed by atoms with Crippen LogP contribution in [0.4, 0.5) is 32.0 Å². The molecule has 36 heavy (non-hydrogen) atoms. The molecule has 0 saturated heterocycles. The Balaban J connectivity index is 1.76. The summed E-state index contributed by atoms with van der Waals surface area (Å²) in [6.45, 7) is 1.14. The lowest BCUT2D eigenvalue weighted by Gasteiger charge is -2.15. The van der Waals surface area contributed by atoms with Gasteiger partial charge in [0.1, 0.15) is 28.8 Å². The van der Waals surface area contributed by atoms with Crippen LogP contribution >= 0.6 is 0 Å². The third kappa shape index (κ3) is 4.59. The Morgan fingerprint density at radius 3 is 2.17 bits per heavy atom. The van der Waals surface area contributed by atoms with Crippen molar-refractivity contribution in [1.29, 1.82) is 0 Å². The van der Waals surface area contributed by atoms with E-state index in [1.807, 2.05) is 5.32 Å². The number of pyridine rings is 1. The second-order valence-electron chi connectivity index (χ2n) is 7.77. The van der Waals surface area contributed by atoms with E-state index in [1.54, 1.807) is 0 Å². The number of aromatic carboxylic acids is 1. The van der Waals surface area contributed by atoms with E-state index in [0.717, 1.165) is 37.3 Å². The van der Waals surface area contributed by atoms with Crippen LogP contribution in [0.2, 0.25) is 0 Å². The zero-order valence-corrected chi connectivity index (χ0v) is 18.2. The van der Waals surface area contributed by atoms with Crippen LogP contribution in [-0.4, -0.2) is 22.0 Å². The van der Waals surface area contributed by atoms with Crippen molar-refractivity contribution in [2.24, 2.45) is 0 Å². The summed E-state index contributed by atoms with van der Waals surface area (Å²) in [5, 5.41) is 11.2. The molecule has 1 amide bonds. The minimum Gasteiger partial charge on any atom is -0.478 e. The zero-order valence-electron chi connectivity index (χ0n) is 18.2. The van der Waals surface area contributed by atoms with E-state index in [9.17, 15) is 41.0 Å². The number of anilines is 1. The van der Waals surface area contributed by atoms with Crippen molar-refractivity contribution in [1.82, 2.24) is 4.98 Å². The molecule has 0 atom stereocenters. The topological polar surface area (TPSA) is 79.3 Å². The number of carbonyl (C=O) groups excluding carboxylic acids is 1. The van der Waals surface area contributed by atoms with E-state index in [-0.39, 0.29) is 27.6 Å². The molecule has 0 bridgehead atoms. The predicted octanol–water partition coefficient (Wildman–Crippen LogP) is 6.60. The lowest BCUT2D eigenvalue weighted by molar-refractivity contribution is -0.137. The highest BCUT2D eigenvalue weighted by Gasteiger charge is 2.32. The minimum absolute atomic E-state index is 0.00357. The average molecular weight is 504 g/mol. The fourth-order valence-electron chi connectivity index (χ4n) is 3.73. The SMILES string of the molecule is Cc1c(C(=O)Nc2c(F)cc(-c3cccc(F)c3)cc2F)nc2ccc(C(F)(F)F)cc2c1C(=O)O. The van der Waals surface area contributed by atoms with Gasteiger partial charge >= 0.3 is 12.1 Å². The van der Waals surface area contributed by atoms with Crippen molar-refractivity contribution in [3.8, 4) is 11.1 Å². The summed E-state index contributed by atoms with van der Waals surface area (Å²) in [6.07, 6.45) is -4.75. The van der Waals surface area contributed by atoms with Gasteiger partial charge in [0.05, 0.1) is 16.6 Å². The Hall–Kier alpha value is -4.41. The molecule has 0 radical (unpaired) electrons. The van der Waals surface area contributed by atoms with Crippen molar-refractivity contribution in [2.75, 3.05) is 5.32 Å². The van der Waals surface area contributed by atoms with Crippen molar-refractivity contribution >= 4 is 28.5 Å². The van der Waals surface area contributed by atoms with Gasteiger partial charge in [0.25, 0.3) is 5.91 Å². The quantitative estimate of drug-likeness (QED) is 0.307. The molecule has 5 nitrogen and oxygen atoms in total. The monoisotopic (exact) mass is 504 g/mol. The third-order valence-corrected chi connectivity index (χ3v) is 5.42. The molecular weight excluding hydrogens is 490 g/mol. The van der Waals surface area contributed by atoms with Gasteiger partial charge in [-0.25, -0.2) is 22.9 Å². The second kappa shape index (κ2) is 8.99. The minimum atomic E-state index is -4.75. The molecule has 0 fully saturated rings. The van der Waals surface area contributed by atoms with Gasteiger partial charge < -0.3 is 10.4 Å². The van der Waals surface area contributed by atoms with Gasteiger partial charge in [0.2, 0.25) is 0 Å². The number of benzene rings is 3. The summed E-state index contributed by atoms with van der Waals surface area (Å²) < 4.78 is 82.2. The summed E-state index contributed by atoms with van der Waals surface area (Å²) in [4.78, 5) is 28.6. The zero-order chi connectivity index (χ0) is 26.4. The standard InChI is InChI=1S/C25H14F6N2O3/c1-11-20(24(35)36)16-10-14(25(29,30)31)5-6-19(16)32-21(11)23(34)33-22-17(27)8-13(9-18(22)28)12-3-2-4-15(26)7-12/h2-10H,1H3,(H,33,34)(H,35,36). The average Bonchev–Trinajstić information content (AvgIpc) is 2.79. The van der Waals surface area contributed by atoms with Crippen LogP contribution in [0.5, 0.6) is 0 Å². The van der Waals surface area contributed by atoms with Gasteiger partial charge in [-0.1, -0.05) is 12.1 Å². The number of nitrogens with one attached hydrogen (secondary N) is 1. The van der Waals surface area contributed by atoms with E-state index < -0.39 is 58.0 Å². The number of alkyl halides is 3. The van der Waals surface area contributed by atoms with E-state index in [2.05, 4.69) is 4.98 Å². The van der Waals surface area contributed by atoms with Gasteiger partial charge in [-0.15, -0.1) is 0 Å². The second-order valence-corrected chi connectivity index (χ2v) is 7.77. The molecule has 0 aliphatic heterocycles. The van der Waals surface area contributed by atoms with Crippen molar-refractivity contribution in [3.05, 3.63) is 94.4 Å². The number of aromatic nitrogens is 1. The lowest BCUT2D eigenvalue weighted by atomic mass is 9.99. The Kier molecular flexibility index (Phi) is 6.17. The smallest absolute Gasteiger partial charge is 0.416 e. The molecule has 11 heteroatoms. The van der Waals surface area contributed by atoms with Crippen LogP contribution in [-0.2, 0) is 6.18 Å². The molecule has 0 saturated carbocycles. The number of nitrogens with zero attached hydrogens (tertiary/aromatic N) is 1. The van der Waals surface area contributed by atoms with Crippen molar-refractivity contribution in [3.63, 3.8) is 0 Å². The number of carboxylic acid groups (broad SMARTS) is 1. The molecule has 0 unspecified atom stereocenters. The van der Waals surface area contributed by atoms with Crippen LogP contribution in [0.3, 0.4) is 0 Å². The van der Waals surface area contributed by atoms with E-state index in [0.29, 0.717) is 12.1 Å². The number of rotatable bonds is 4. The maximum Gasteiger partial charge on any atom is 0.416 e. The summed E-state index contributed by atoms with van der Waals surface area (Å²) in [5.74, 6) is -5.83. The maximum absolute atomic E-state index is 14.7. The molecule has 0 aliphatic rings. The van der Waals surface area contributed by atoms with Gasteiger partial charge in [0.15, 0.2) is 0 Å². The summed E-state index contributed by atoms with van der Waals surface area (Å²) in [6, 6.07) is 8.90. The van der Waals surface area contributed by atoms with Gasteiger partial charge in [-0.3, -0.25) is 4.79 Å². The highest BCUT2D eigenvalue weighted by atomic mass is 19.4. The fraction of sp³-hybridized carbons (Fsp3) is 0.0800. The first-order valence-corrected chi connectivity index (χ1v) is 10.2. The molecule has 184 valence electrons. The van der Waals surface area contributed by atoms with Crippen LogP contribution in [0.15, 0.2) is 54.6 Å². The first-order valence-electron chi connectivity index (χ1n) is 10.2. The molecule has 0 spiro atoms. The Morgan fingerprint density at radius 1 is 0.917 bits per heavy atom. The number of carbonyl (C=O) groups is 2. The Labute approximate surface area is 199 Å². The first-order chi connectivity index (χ1) is 16.9. The van der Waals surface area contributed by atoms with Gasteiger partial charge in [-0.2, -0.15) is 13.2 Å². The van der Waals surface area contributed by atoms with Crippen molar-refractivity contribution < 1.29 is 41.0 Å². The highest BCUT2D eigenvalue weighted by molar-refractivity contribution is 6.11. The molecular formula is C25H14F6N2O3. The Morgan fingerprint density at radius 2 is 1.58 bits per heavy atom. The number of hydrogen-bond donors (Lipinski definition) is 2. The van der Waals surface area contributed by atoms with Crippen LogP contribution in [0.25, 0.3) is 22.0 Å². The highest BCUT2D eigenvalue weighted by Crippen LogP contribution is 2.34. The molecule has 1 heterocycles. The van der Waals surface area contributed by atoms with E-state index >= 15 is 0 Å². The van der Waals surface area contributed by atoms with Crippen LogP contribution in [0, 0.1) is 24.4 Å². The lowest BCUT2D eigenvalue weighted by Crippen LogP contribution is -2.19. The number of carboxylic acids is 1. The molecule has 3 aromatic carbocycles. The fourth-order valence-corrected chi connectivity index (χ4v) is 3.73. The van der Waals surface area contributed by atoms with Crippen LogP contribution in [0.1, 0.15) is 32.0 Å². The molecule has 4 aromatic rings. The molecule has 0 aliphatic carbocycles. The number of amides is 1. The molecule has 2 N–H and O–H groups in total. The normalized spacial score (nSPS) is 11.5. The number of fused-ring (bicyclic) bond motifs is 1. The number of halogens is 6. The van der Waals surface area contributed by atoms with Gasteiger partial charge in [-0.05, 0) is 66.1 Å². The van der Waals surface area contributed by atoms with Crippen LogP contribution < -0.4 is 5.32 Å². The first kappa shape index (κ1) is 24.7. The third-order valence-electron chi connectivity index (χ3n) is 5.42. The largest absolute Gasteiger partial charge is 0.478 e.